The van der Waals surface area contributed by atoms with Crippen LogP contribution in [0, 0.1) is 0 Å². The zero-order chi connectivity index (χ0) is 19.8. The van der Waals surface area contributed by atoms with Crippen LogP contribution in [0.15, 0.2) is 42.5 Å². The van der Waals surface area contributed by atoms with E-state index in [1.165, 1.54) is 19.2 Å². The molecule has 0 fully saturated rings. The van der Waals surface area contributed by atoms with Crippen LogP contribution in [0.4, 0.5) is 5.69 Å². The molecule has 27 heavy (non-hydrogen) atoms. The summed E-state index contributed by atoms with van der Waals surface area (Å²) in [7, 11) is 3.07. The van der Waals surface area contributed by atoms with Crippen molar-refractivity contribution in [2.24, 2.45) is 0 Å². The van der Waals surface area contributed by atoms with E-state index in [-0.39, 0.29) is 12.3 Å². The van der Waals surface area contributed by atoms with Gasteiger partial charge in [0, 0.05) is 22.9 Å². The minimum absolute atomic E-state index is 0.105. The van der Waals surface area contributed by atoms with Crippen LogP contribution in [0.2, 0.25) is 0 Å². The highest BCUT2D eigenvalue weighted by Gasteiger charge is 2.11. The van der Waals surface area contributed by atoms with Crippen LogP contribution < -0.4 is 20.1 Å². The van der Waals surface area contributed by atoms with Crippen molar-refractivity contribution in [1.82, 2.24) is 5.32 Å². The SMILES string of the molecule is COc1ccc(CC(=O)Nc2ccc(C(=O)NCC(=O)O)cc2)c(OC)c1. The monoisotopic (exact) mass is 372 g/mol. The first-order valence-electron chi connectivity index (χ1n) is 8.03. The zero-order valence-electron chi connectivity index (χ0n) is 14.9. The molecule has 3 N–H and O–H groups in total. The molecule has 0 aliphatic carbocycles. The highest BCUT2D eigenvalue weighted by atomic mass is 16.5. The number of ether oxygens (including phenoxy) is 2. The van der Waals surface area contributed by atoms with Crippen molar-refractivity contribution >= 4 is 23.5 Å². The fourth-order valence-corrected chi connectivity index (χ4v) is 2.34. The van der Waals surface area contributed by atoms with Crippen LogP contribution in [-0.4, -0.2) is 43.7 Å². The number of carbonyl (C=O) groups excluding carboxylic acids is 2. The van der Waals surface area contributed by atoms with Crippen LogP contribution in [0.5, 0.6) is 11.5 Å². The molecule has 0 heterocycles. The van der Waals surface area contributed by atoms with Gasteiger partial charge >= 0.3 is 5.97 Å². The number of amides is 2. The van der Waals surface area contributed by atoms with Gasteiger partial charge in [0.05, 0.1) is 20.6 Å². The van der Waals surface area contributed by atoms with Crippen molar-refractivity contribution in [3.05, 3.63) is 53.6 Å². The number of methoxy groups -OCH3 is 2. The Balaban J connectivity index is 1.98. The molecule has 0 atom stereocenters. The lowest BCUT2D eigenvalue weighted by atomic mass is 10.1. The molecule has 0 aliphatic heterocycles. The summed E-state index contributed by atoms with van der Waals surface area (Å²) in [6, 6.07) is 11.3. The molecule has 0 unspecified atom stereocenters. The Kier molecular flexibility index (Phi) is 6.76. The Morgan fingerprint density at radius 1 is 1.00 bits per heavy atom. The zero-order valence-corrected chi connectivity index (χ0v) is 14.9. The number of anilines is 1. The molecule has 0 radical (unpaired) electrons. The highest BCUT2D eigenvalue weighted by Crippen LogP contribution is 2.25. The van der Waals surface area contributed by atoms with Gasteiger partial charge in [-0.2, -0.15) is 0 Å². The van der Waals surface area contributed by atoms with Crippen molar-refractivity contribution in [2.75, 3.05) is 26.1 Å². The second-order valence-corrected chi connectivity index (χ2v) is 5.56. The number of carbonyl (C=O) groups is 3. The molecule has 2 aromatic rings. The van der Waals surface area contributed by atoms with Crippen molar-refractivity contribution in [3.8, 4) is 11.5 Å². The van der Waals surface area contributed by atoms with E-state index < -0.39 is 18.4 Å². The van der Waals surface area contributed by atoms with E-state index in [0.29, 0.717) is 28.3 Å². The maximum atomic E-state index is 12.3. The number of rotatable bonds is 8. The van der Waals surface area contributed by atoms with Gasteiger partial charge < -0.3 is 25.2 Å². The number of benzene rings is 2. The molecule has 0 aliphatic rings. The quantitative estimate of drug-likeness (QED) is 0.650. The fraction of sp³-hybridized carbons (Fsp3) is 0.211. The highest BCUT2D eigenvalue weighted by molar-refractivity contribution is 5.97. The summed E-state index contributed by atoms with van der Waals surface area (Å²) >= 11 is 0. The van der Waals surface area contributed by atoms with Crippen LogP contribution in [0.3, 0.4) is 0 Å². The van der Waals surface area contributed by atoms with Crippen LogP contribution >= 0.6 is 0 Å². The number of hydrogen-bond acceptors (Lipinski definition) is 5. The van der Waals surface area contributed by atoms with E-state index in [2.05, 4.69) is 10.6 Å². The largest absolute Gasteiger partial charge is 0.497 e. The average molecular weight is 372 g/mol. The molecule has 8 nitrogen and oxygen atoms in total. The predicted molar refractivity (Wildman–Crippen MR) is 98.3 cm³/mol. The molecule has 0 saturated carbocycles. The third-order valence-electron chi connectivity index (χ3n) is 3.68. The molecule has 0 bridgehead atoms. The lowest BCUT2D eigenvalue weighted by molar-refractivity contribution is -0.135. The summed E-state index contributed by atoms with van der Waals surface area (Å²) < 4.78 is 10.4. The van der Waals surface area contributed by atoms with E-state index in [0.717, 1.165) is 0 Å². The van der Waals surface area contributed by atoms with E-state index >= 15 is 0 Å². The van der Waals surface area contributed by atoms with Gasteiger partial charge in [0.25, 0.3) is 5.91 Å². The van der Waals surface area contributed by atoms with Gasteiger partial charge in [0.15, 0.2) is 0 Å². The number of aliphatic carboxylic acids is 1. The Labute approximate surface area is 156 Å². The Morgan fingerprint density at radius 2 is 1.70 bits per heavy atom. The van der Waals surface area contributed by atoms with Crippen LogP contribution in [-0.2, 0) is 16.0 Å². The molecule has 0 aromatic heterocycles. The standard InChI is InChI=1S/C19H20N2O6/c1-26-15-8-5-13(16(10-15)27-2)9-17(22)21-14-6-3-12(4-7-14)19(25)20-11-18(23)24/h3-8,10H,9,11H2,1-2H3,(H,20,25)(H,21,22)(H,23,24). The Hall–Kier alpha value is -3.55. The number of carboxylic acids is 1. The third-order valence-corrected chi connectivity index (χ3v) is 3.68. The molecule has 2 amide bonds. The molecule has 2 aromatic carbocycles. The van der Waals surface area contributed by atoms with E-state index in [4.69, 9.17) is 14.6 Å². The van der Waals surface area contributed by atoms with Crippen LogP contribution in [0.25, 0.3) is 0 Å². The van der Waals surface area contributed by atoms with E-state index in [1.807, 2.05) is 0 Å². The van der Waals surface area contributed by atoms with Gasteiger partial charge in [-0.15, -0.1) is 0 Å². The second kappa shape index (κ2) is 9.23. The molecule has 0 saturated heterocycles. The summed E-state index contributed by atoms with van der Waals surface area (Å²) in [5, 5.41) is 13.6. The van der Waals surface area contributed by atoms with E-state index in [9.17, 15) is 14.4 Å². The van der Waals surface area contributed by atoms with Crippen molar-refractivity contribution in [3.63, 3.8) is 0 Å². The fourth-order valence-electron chi connectivity index (χ4n) is 2.34. The minimum Gasteiger partial charge on any atom is -0.497 e. The smallest absolute Gasteiger partial charge is 0.322 e. The molecule has 8 heteroatoms. The molecule has 142 valence electrons. The molecule has 2 rings (SSSR count). The van der Waals surface area contributed by atoms with Crippen molar-refractivity contribution in [2.45, 2.75) is 6.42 Å². The third kappa shape index (κ3) is 5.74. The second-order valence-electron chi connectivity index (χ2n) is 5.56. The van der Waals surface area contributed by atoms with Gasteiger partial charge in [-0.3, -0.25) is 14.4 Å². The summed E-state index contributed by atoms with van der Waals surface area (Å²) in [6.45, 7) is -0.457. The number of carboxylic acid groups (broad SMARTS) is 1. The average Bonchev–Trinajstić information content (AvgIpc) is 2.66. The molecular weight excluding hydrogens is 352 g/mol. The van der Waals surface area contributed by atoms with Gasteiger partial charge in [-0.25, -0.2) is 0 Å². The van der Waals surface area contributed by atoms with Gasteiger partial charge in [0.1, 0.15) is 18.0 Å². The van der Waals surface area contributed by atoms with Gasteiger partial charge in [0.2, 0.25) is 5.91 Å². The van der Waals surface area contributed by atoms with Gasteiger partial charge in [-0.1, -0.05) is 6.07 Å². The number of nitrogens with one attached hydrogen (secondary N) is 2. The predicted octanol–water partition coefficient (Wildman–Crippen LogP) is 1.70. The van der Waals surface area contributed by atoms with Crippen LogP contribution in [0.1, 0.15) is 15.9 Å². The van der Waals surface area contributed by atoms with Crippen molar-refractivity contribution < 1.29 is 29.0 Å². The topological polar surface area (TPSA) is 114 Å². The van der Waals surface area contributed by atoms with Crippen molar-refractivity contribution in [1.29, 1.82) is 0 Å². The first-order valence-corrected chi connectivity index (χ1v) is 8.03. The lowest BCUT2D eigenvalue weighted by Gasteiger charge is -2.11. The minimum atomic E-state index is -1.12. The summed E-state index contributed by atoms with van der Waals surface area (Å²) in [6.07, 6.45) is 0.105. The Morgan fingerprint density at radius 3 is 2.30 bits per heavy atom. The lowest BCUT2D eigenvalue weighted by Crippen LogP contribution is -2.29. The Bertz CT molecular complexity index is 833. The maximum absolute atomic E-state index is 12.3. The van der Waals surface area contributed by atoms with E-state index in [1.54, 1.807) is 37.4 Å². The summed E-state index contributed by atoms with van der Waals surface area (Å²) in [4.78, 5) is 34.5. The first-order chi connectivity index (χ1) is 12.9. The molecule has 0 spiro atoms. The summed E-state index contributed by atoms with van der Waals surface area (Å²) in [5.74, 6) is -0.691. The molecular formula is C19H20N2O6. The maximum Gasteiger partial charge on any atom is 0.322 e. The van der Waals surface area contributed by atoms with Gasteiger partial charge in [-0.05, 0) is 30.3 Å². The summed E-state index contributed by atoms with van der Waals surface area (Å²) in [5.41, 5.74) is 1.52. The normalized spacial score (nSPS) is 10.0. The number of hydrogen-bond donors (Lipinski definition) is 3. The first kappa shape index (κ1) is 19.8.